The van der Waals surface area contributed by atoms with Gasteiger partial charge in [0.05, 0.1) is 24.7 Å². The molecule has 2 aromatic carbocycles. The number of rotatable bonds is 7. The Hall–Kier alpha value is -3.12. The largest absolute Gasteiger partial charge is 0.492 e. The molecule has 138 valence electrons. The number of halogens is 1. The first-order valence-corrected chi connectivity index (χ1v) is 8.87. The van der Waals surface area contributed by atoms with Crippen LogP contribution in [0.5, 0.6) is 5.75 Å². The highest BCUT2D eigenvalue weighted by molar-refractivity contribution is 6.30. The third kappa shape index (κ3) is 5.18. The molecule has 6 nitrogen and oxygen atoms in total. The van der Waals surface area contributed by atoms with E-state index in [1.54, 1.807) is 12.1 Å². The van der Waals surface area contributed by atoms with Crippen LogP contribution < -0.4 is 15.4 Å². The maximum Gasteiger partial charge on any atom is 0.275 e. The van der Waals surface area contributed by atoms with Crippen molar-refractivity contribution in [2.24, 2.45) is 0 Å². The van der Waals surface area contributed by atoms with Crippen LogP contribution in [0.4, 0.5) is 11.5 Å². The molecule has 1 aromatic heterocycles. The summed E-state index contributed by atoms with van der Waals surface area (Å²) in [7, 11) is 0. The number of carbonyl (C=O) groups excluding carboxylic acids is 1. The molecule has 2 N–H and O–H groups in total. The maximum absolute atomic E-state index is 12.4. The fourth-order valence-electron chi connectivity index (χ4n) is 2.37. The number of nitrogens with one attached hydrogen (secondary N) is 2. The van der Waals surface area contributed by atoms with Crippen molar-refractivity contribution in [2.45, 2.75) is 13.5 Å². The Morgan fingerprint density at radius 1 is 1.07 bits per heavy atom. The Bertz CT molecular complexity index is 899. The molecule has 0 bridgehead atoms. The van der Waals surface area contributed by atoms with Gasteiger partial charge in [0.1, 0.15) is 17.3 Å². The van der Waals surface area contributed by atoms with Gasteiger partial charge in [-0.25, -0.2) is 9.97 Å². The van der Waals surface area contributed by atoms with Gasteiger partial charge in [0.25, 0.3) is 5.91 Å². The van der Waals surface area contributed by atoms with Crippen molar-refractivity contribution in [3.8, 4) is 5.75 Å². The molecule has 0 spiro atoms. The Morgan fingerprint density at radius 2 is 1.85 bits per heavy atom. The number of anilines is 2. The van der Waals surface area contributed by atoms with Gasteiger partial charge in [-0.05, 0) is 36.8 Å². The highest BCUT2D eigenvalue weighted by Crippen LogP contribution is 2.24. The quantitative estimate of drug-likeness (QED) is 0.633. The van der Waals surface area contributed by atoms with Crippen molar-refractivity contribution in [1.29, 1.82) is 0 Å². The molecule has 3 rings (SSSR count). The van der Waals surface area contributed by atoms with E-state index in [9.17, 15) is 4.79 Å². The fraction of sp³-hybridized carbons (Fsp3) is 0.150. The number of aromatic nitrogens is 2. The minimum atomic E-state index is -0.348. The van der Waals surface area contributed by atoms with Crippen molar-refractivity contribution < 1.29 is 9.53 Å². The number of hydrogen-bond acceptors (Lipinski definition) is 5. The zero-order chi connectivity index (χ0) is 19.1. The maximum atomic E-state index is 12.4. The average Bonchev–Trinajstić information content (AvgIpc) is 2.69. The standard InChI is InChI=1S/C20H19ClN4O2/c1-2-27-18-6-4-3-5-16(18)25-20(26)17-12-24-19(13-22-17)23-11-14-7-9-15(21)10-8-14/h3-10,12-13H,2,11H2,1H3,(H,23,24)(H,25,26). The van der Waals surface area contributed by atoms with Crippen molar-refractivity contribution >= 4 is 29.0 Å². The fourth-order valence-corrected chi connectivity index (χ4v) is 2.50. The van der Waals surface area contributed by atoms with Crippen LogP contribution in [-0.4, -0.2) is 22.5 Å². The van der Waals surface area contributed by atoms with Gasteiger partial charge < -0.3 is 15.4 Å². The average molecular weight is 383 g/mol. The highest BCUT2D eigenvalue weighted by Gasteiger charge is 2.11. The van der Waals surface area contributed by atoms with E-state index < -0.39 is 0 Å². The summed E-state index contributed by atoms with van der Waals surface area (Å²) in [6, 6.07) is 14.8. The molecule has 0 unspecified atom stereocenters. The lowest BCUT2D eigenvalue weighted by atomic mass is 10.2. The second-order valence-corrected chi connectivity index (χ2v) is 6.09. The summed E-state index contributed by atoms with van der Waals surface area (Å²) in [4.78, 5) is 20.8. The van der Waals surface area contributed by atoms with Crippen LogP contribution in [-0.2, 0) is 6.54 Å². The third-order valence-electron chi connectivity index (χ3n) is 3.71. The van der Waals surface area contributed by atoms with E-state index >= 15 is 0 Å². The van der Waals surface area contributed by atoms with E-state index in [-0.39, 0.29) is 11.6 Å². The number of benzene rings is 2. The Kier molecular flexibility index (Phi) is 6.22. The second kappa shape index (κ2) is 9.00. The first-order chi connectivity index (χ1) is 13.2. The van der Waals surface area contributed by atoms with Gasteiger partial charge in [-0.1, -0.05) is 35.9 Å². The molecule has 3 aromatic rings. The zero-order valence-electron chi connectivity index (χ0n) is 14.8. The van der Waals surface area contributed by atoms with Gasteiger partial charge in [0, 0.05) is 11.6 Å². The van der Waals surface area contributed by atoms with Crippen molar-refractivity contribution in [3.05, 3.63) is 77.2 Å². The normalized spacial score (nSPS) is 10.3. The molecular weight excluding hydrogens is 364 g/mol. The lowest BCUT2D eigenvalue weighted by molar-refractivity contribution is 0.102. The third-order valence-corrected chi connectivity index (χ3v) is 3.96. The van der Waals surface area contributed by atoms with Gasteiger partial charge in [-0.3, -0.25) is 4.79 Å². The minimum Gasteiger partial charge on any atom is -0.492 e. The number of ether oxygens (including phenoxy) is 1. The van der Waals surface area contributed by atoms with Gasteiger partial charge in [0.2, 0.25) is 0 Å². The number of para-hydroxylation sites is 2. The van der Waals surface area contributed by atoms with Crippen LogP contribution in [0.2, 0.25) is 5.02 Å². The molecule has 0 saturated carbocycles. The predicted molar refractivity (Wildman–Crippen MR) is 106 cm³/mol. The van der Waals surface area contributed by atoms with Crippen LogP contribution in [0.15, 0.2) is 60.9 Å². The molecule has 0 aliphatic heterocycles. The molecule has 1 heterocycles. The van der Waals surface area contributed by atoms with Gasteiger partial charge >= 0.3 is 0 Å². The van der Waals surface area contributed by atoms with Crippen LogP contribution >= 0.6 is 11.6 Å². The summed E-state index contributed by atoms with van der Waals surface area (Å²) in [6.07, 6.45) is 2.96. The summed E-state index contributed by atoms with van der Waals surface area (Å²) >= 11 is 5.87. The van der Waals surface area contributed by atoms with Gasteiger partial charge in [-0.2, -0.15) is 0 Å². The molecule has 7 heteroatoms. The van der Waals surface area contributed by atoms with E-state index in [1.165, 1.54) is 12.4 Å². The monoisotopic (exact) mass is 382 g/mol. The Balaban J connectivity index is 1.61. The molecule has 1 amide bonds. The molecule has 27 heavy (non-hydrogen) atoms. The summed E-state index contributed by atoms with van der Waals surface area (Å²) in [6.45, 7) is 2.99. The Labute approximate surface area is 162 Å². The van der Waals surface area contributed by atoms with E-state index in [0.29, 0.717) is 35.4 Å². The highest BCUT2D eigenvalue weighted by atomic mass is 35.5. The molecule has 0 atom stereocenters. The first-order valence-electron chi connectivity index (χ1n) is 8.49. The topological polar surface area (TPSA) is 76.1 Å². The van der Waals surface area contributed by atoms with Crippen LogP contribution in [0.3, 0.4) is 0 Å². The Morgan fingerprint density at radius 3 is 2.56 bits per heavy atom. The number of hydrogen-bond donors (Lipinski definition) is 2. The summed E-state index contributed by atoms with van der Waals surface area (Å²) in [5.74, 6) is 0.845. The smallest absolute Gasteiger partial charge is 0.275 e. The van der Waals surface area contributed by atoms with Crippen LogP contribution in [0.1, 0.15) is 23.0 Å². The van der Waals surface area contributed by atoms with E-state index in [4.69, 9.17) is 16.3 Å². The van der Waals surface area contributed by atoms with Crippen molar-refractivity contribution in [3.63, 3.8) is 0 Å². The van der Waals surface area contributed by atoms with Crippen LogP contribution in [0.25, 0.3) is 0 Å². The predicted octanol–water partition coefficient (Wildman–Crippen LogP) is 4.39. The van der Waals surface area contributed by atoms with Crippen LogP contribution in [0, 0.1) is 0 Å². The molecule has 0 aliphatic carbocycles. The molecule has 0 aliphatic rings. The van der Waals surface area contributed by atoms with Gasteiger partial charge in [-0.15, -0.1) is 0 Å². The van der Waals surface area contributed by atoms with Crippen molar-refractivity contribution in [1.82, 2.24) is 9.97 Å². The number of amides is 1. The lowest BCUT2D eigenvalue weighted by Gasteiger charge is -2.11. The number of nitrogens with zero attached hydrogens (tertiary/aromatic N) is 2. The van der Waals surface area contributed by atoms with Gasteiger partial charge in [0.15, 0.2) is 0 Å². The second-order valence-electron chi connectivity index (χ2n) is 5.65. The molecular formula is C20H19ClN4O2. The zero-order valence-corrected chi connectivity index (χ0v) is 15.5. The van der Waals surface area contributed by atoms with E-state index in [0.717, 1.165) is 5.56 Å². The van der Waals surface area contributed by atoms with E-state index in [1.807, 2.05) is 43.3 Å². The summed E-state index contributed by atoms with van der Waals surface area (Å²) < 4.78 is 5.51. The SMILES string of the molecule is CCOc1ccccc1NC(=O)c1cnc(NCc2ccc(Cl)cc2)cn1. The minimum absolute atomic E-state index is 0.221. The first kappa shape index (κ1) is 18.7. The summed E-state index contributed by atoms with van der Waals surface area (Å²) in [5.41, 5.74) is 1.88. The molecule has 0 radical (unpaired) electrons. The summed E-state index contributed by atoms with van der Waals surface area (Å²) in [5, 5.41) is 6.64. The molecule has 0 saturated heterocycles. The lowest BCUT2D eigenvalue weighted by Crippen LogP contribution is -2.15. The molecule has 0 fully saturated rings. The van der Waals surface area contributed by atoms with E-state index in [2.05, 4.69) is 20.6 Å². The number of carbonyl (C=O) groups is 1. The van der Waals surface area contributed by atoms with Crippen molar-refractivity contribution in [2.75, 3.05) is 17.2 Å².